The number of nitrogens with zero attached hydrogens (tertiary/aromatic N) is 2. The molecular formula is C10H10ClN3S. The van der Waals surface area contributed by atoms with Crippen molar-refractivity contribution in [3.05, 3.63) is 40.7 Å². The molecule has 0 aliphatic rings. The predicted octanol–water partition coefficient (Wildman–Crippen LogP) is 3.11. The Bertz CT molecular complexity index is 438. The Morgan fingerprint density at radius 1 is 1.33 bits per heavy atom. The second-order valence-electron chi connectivity index (χ2n) is 3.13. The molecule has 2 rings (SSSR count). The van der Waals surface area contributed by atoms with Crippen molar-refractivity contribution in [2.75, 3.05) is 5.32 Å². The number of hydrogen-bond donors (Lipinski definition) is 1. The minimum atomic E-state index is 0.742. The monoisotopic (exact) mass is 239 g/mol. The van der Waals surface area contributed by atoms with Gasteiger partial charge in [-0.15, -0.1) is 0 Å². The lowest BCUT2D eigenvalue weighted by Gasteiger charge is -2.01. The van der Waals surface area contributed by atoms with Crippen LogP contribution in [0.4, 0.5) is 5.13 Å². The van der Waals surface area contributed by atoms with Gasteiger partial charge in [0, 0.05) is 23.1 Å². The number of nitrogens with one attached hydrogen (secondary N) is 1. The Balaban J connectivity index is 1.96. The number of aryl methyl sites for hydroxylation is 1. The van der Waals surface area contributed by atoms with E-state index in [1.165, 1.54) is 17.1 Å². The smallest absolute Gasteiger partial charge is 0.202 e. The van der Waals surface area contributed by atoms with Crippen molar-refractivity contribution in [3.8, 4) is 0 Å². The van der Waals surface area contributed by atoms with E-state index in [0.29, 0.717) is 0 Å². The van der Waals surface area contributed by atoms with Gasteiger partial charge >= 0.3 is 0 Å². The molecule has 0 radical (unpaired) electrons. The zero-order chi connectivity index (χ0) is 10.7. The van der Waals surface area contributed by atoms with Gasteiger partial charge in [-0.3, -0.25) is 0 Å². The van der Waals surface area contributed by atoms with Crippen LogP contribution in [-0.2, 0) is 6.54 Å². The molecule has 0 aliphatic heterocycles. The minimum Gasteiger partial charge on any atom is -0.356 e. The predicted molar refractivity (Wildman–Crippen MR) is 63.4 cm³/mol. The van der Waals surface area contributed by atoms with Gasteiger partial charge in [0.2, 0.25) is 5.13 Å². The lowest BCUT2D eigenvalue weighted by atomic mass is 10.2. The average molecular weight is 240 g/mol. The van der Waals surface area contributed by atoms with Crippen molar-refractivity contribution in [3.63, 3.8) is 0 Å². The van der Waals surface area contributed by atoms with Crippen LogP contribution in [0.1, 0.15) is 11.4 Å². The number of hydrogen-bond acceptors (Lipinski definition) is 4. The molecule has 1 aromatic carbocycles. The molecule has 0 spiro atoms. The highest BCUT2D eigenvalue weighted by Crippen LogP contribution is 2.13. The maximum Gasteiger partial charge on any atom is 0.202 e. The van der Waals surface area contributed by atoms with Gasteiger partial charge in [-0.05, 0) is 24.6 Å². The first-order chi connectivity index (χ1) is 7.24. The van der Waals surface area contributed by atoms with E-state index in [2.05, 4.69) is 14.7 Å². The van der Waals surface area contributed by atoms with E-state index in [1.807, 2.05) is 31.2 Å². The Hall–Kier alpha value is -1.13. The van der Waals surface area contributed by atoms with Crippen LogP contribution < -0.4 is 5.32 Å². The molecule has 0 fully saturated rings. The average Bonchev–Trinajstić information content (AvgIpc) is 2.64. The first-order valence-electron chi connectivity index (χ1n) is 4.52. The molecule has 0 bridgehead atoms. The standard InChI is InChI=1S/C10H10ClN3S/c1-7-13-10(15-14-7)12-6-8-2-4-9(11)5-3-8/h2-5H,6H2,1H3,(H,12,13,14). The first kappa shape index (κ1) is 10.4. The molecule has 5 heteroatoms. The van der Waals surface area contributed by atoms with E-state index in [-0.39, 0.29) is 0 Å². The largest absolute Gasteiger partial charge is 0.356 e. The molecule has 2 aromatic rings. The Labute approximate surface area is 97.3 Å². The van der Waals surface area contributed by atoms with E-state index in [4.69, 9.17) is 11.6 Å². The number of halogens is 1. The van der Waals surface area contributed by atoms with Crippen molar-refractivity contribution in [2.24, 2.45) is 0 Å². The molecule has 1 heterocycles. The lowest BCUT2D eigenvalue weighted by Crippen LogP contribution is -1.98. The van der Waals surface area contributed by atoms with E-state index in [9.17, 15) is 0 Å². The Morgan fingerprint density at radius 2 is 2.07 bits per heavy atom. The first-order valence-corrected chi connectivity index (χ1v) is 5.68. The molecule has 0 unspecified atom stereocenters. The van der Waals surface area contributed by atoms with Crippen LogP contribution in [0.15, 0.2) is 24.3 Å². The molecule has 3 nitrogen and oxygen atoms in total. The maximum absolute atomic E-state index is 5.79. The third-order valence-corrected chi connectivity index (χ3v) is 2.90. The molecule has 0 saturated carbocycles. The zero-order valence-electron chi connectivity index (χ0n) is 8.20. The fourth-order valence-electron chi connectivity index (χ4n) is 1.15. The van der Waals surface area contributed by atoms with Crippen molar-refractivity contribution >= 4 is 28.3 Å². The molecular weight excluding hydrogens is 230 g/mol. The van der Waals surface area contributed by atoms with Crippen LogP contribution in [0, 0.1) is 6.92 Å². The fourth-order valence-corrected chi connectivity index (χ4v) is 1.84. The van der Waals surface area contributed by atoms with E-state index in [0.717, 1.165) is 22.5 Å². The maximum atomic E-state index is 5.79. The quantitative estimate of drug-likeness (QED) is 0.895. The van der Waals surface area contributed by atoms with E-state index in [1.54, 1.807) is 0 Å². The molecule has 1 N–H and O–H groups in total. The van der Waals surface area contributed by atoms with Gasteiger partial charge in [-0.2, -0.15) is 4.37 Å². The molecule has 78 valence electrons. The highest BCUT2D eigenvalue weighted by Gasteiger charge is 1.99. The third-order valence-electron chi connectivity index (χ3n) is 1.88. The van der Waals surface area contributed by atoms with Crippen LogP contribution in [0.5, 0.6) is 0 Å². The second kappa shape index (κ2) is 4.59. The number of benzene rings is 1. The second-order valence-corrected chi connectivity index (χ2v) is 4.32. The highest BCUT2D eigenvalue weighted by molar-refractivity contribution is 7.09. The van der Waals surface area contributed by atoms with Gasteiger partial charge in [0.05, 0.1) is 0 Å². The Kier molecular flexibility index (Phi) is 3.18. The Morgan fingerprint density at radius 3 is 2.67 bits per heavy atom. The number of rotatable bonds is 3. The van der Waals surface area contributed by atoms with Gasteiger partial charge in [-0.1, -0.05) is 23.7 Å². The molecule has 1 aromatic heterocycles. The zero-order valence-corrected chi connectivity index (χ0v) is 9.77. The minimum absolute atomic E-state index is 0.742. The lowest BCUT2D eigenvalue weighted by molar-refractivity contribution is 1.10. The number of anilines is 1. The molecule has 0 aliphatic carbocycles. The van der Waals surface area contributed by atoms with Gasteiger partial charge in [0.25, 0.3) is 0 Å². The van der Waals surface area contributed by atoms with Crippen molar-refractivity contribution in [2.45, 2.75) is 13.5 Å². The fraction of sp³-hybridized carbons (Fsp3) is 0.200. The van der Waals surface area contributed by atoms with E-state index < -0.39 is 0 Å². The van der Waals surface area contributed by atoms with Crippen molar-refractivity contribution in [1.82, 2.24) is 9.36 Å². The van der Waals surface area contributed by atoms with Crippen molar-refractivity contribution in [1.29, 1.82) is 0 Å². The summed E-state index contributed by atoms with van der Waals surface area (Å²) < 4.78 is 4.09. The SMILES string of the molecule is Cc1nsc(NCc2ccc(Cl)cc2)n1. The van der Waals surface area contributed by atoms with Crippen molar-refractivity contribution < 1.29 is 0 Å². The summed E-state index contributed by atoms with van der Waals surface area (Å²) in [5.74, 6) is 0.804. The molecule has 0 atom stereocenters. The third kappa shape index (κ3) is 2.91. The summed E-state index contributed by atoms with van der Waals surface area (Å²) >= 11 is 7.17. The van der Waals surface area contributed by atoms with Gasteiger partial charge in [0.1, 0.15) is 5.82 Å². The van der Waals surface area contributed by atoms with Crippen LogP contribution in [0.2, 0.25) is 5.02 Å². The topological polar surface area (TPSA) is 37.8 Å². The summed E-state index contributed by atoms with van der Waals surface area (Å²) in [5, 5.41) is 4.81. The van der Waals surface area contributed by atoms with Crippen LogP contribution >= 0.6 is 23.1 Å². The van der Waals surface area contributed by atoms with Crippen LogP contribution in [0.3, 0.4) is 0 Å². The summed E-state index contributed by atoms with van der Waals surface area (Å²) in [5.41, 5.74) is 1.17. The summed E-state index contributed by atoms with van der Waals surface area (Å²) in [6, 6.07) is 7.74. The van der Waals surface area contributed by atoms with Crippen LogP contribution in [0.25, 0.3) is 0 Å². The summed E-state index contributed by atoms with van der Waals surface area (Å²) in [6.07, 6.45) is 0. The normalized spacial score (nSPS) is 10.3. The molecule has 0 saturated heterocycles. The van der Waals surface area contributed by atoms with Gasteiger partial charge in [-0.25, -0.2) is 4.98 Å². The van der Waals surface area contributed by atoms with Gasteiger partial charge in [0.15, 0.2) is 0 Å². The summed E-state index contributed by atoms with van der Waals surface area (Å²) in [4.78, 5) is 4.21. The molecule has 0 amide bonds. The number of aromatic nitrogens is 2. The van der Waals surface area contributed by atoms with Crippen LogP contribution in [-0.4, -0.2) is 9.36 Å². The van der Waals surface area contributed by atoms with Gasteiger partial charge < -0.3 is 5.32 Å². The molecule has 15 heavy (non-hydrogen) atoms. The highest BCUT2D eigenvalue weighted by atomic mass is 35.5. The van der Waals surface area contributed by atoms with E-state index >= 15 is 0 Å². The summed E-state index contributed by atoms with van der Waals surface area (Å²) in [6.45, 7) is 2.62. The summed E-state index contributed by atoms with van der Waals surface area (Å²) in [7, 11) is 0.